The number of piperidine rings is 1. The van der Waals surface area contributed by atoms with Crippen molar-refractivity contribution >= 4 is 5.91 Å². The van der Waals surface area contributed by atoms with Gasteiger partial charge in [-0.2, -0.15) is 13.2 Å². The van der Waals surface area contributed by atoms with E-state index in [0.717, 1.165) is 25.5 Å². The average molecular weight is 328 g/mol. The molecule has 1 amide bonds. The molecule has 0 spiro atoms. The van der Waals surface area contributed by atoms with Gasteiger partial charge in [0.1, 0.15) is 0 Å². The fraction of sp³-hybridized carbons (Fsp3) is 0.588. The first-order chi connectivity index (χ1) is 10.9. The number of amides is 1. The van der Waals surface area contributed by atoms with Gasteiger partial charge in [0.05, 0.1) is 5.56 Å². The highest BCUT2D eigenvalue weighted by molar-refractivity contribution is 5.76. The number of carbonyl (C=O) groups is 1. The molecule has 0 saturated carbocycles. The highest BCUT2D eigenvalue weighted by Crippen LogP contribution is 2.33. The van der Waals surface area contributed by atoms with Crippen molar-refractivity contribution in [3.63, 3.8) is 0 Å². The lowest BCUT2D eigenvalue weighted by Gasteiger charge is -2.33. The molecule has 2 N–H and O–H groups in total. The number of benzene rings is 1. The van der Waals surface area contributed by atoms with Crippen LogP contribution in [0.2, 0.25) is 0 Å². The second kappa shape index (κ2) is 7.81. The number of alkyl halides is 3. The van der Waals surface area contributed by atoms with Crippen molar-refractivity contribution < 1.29 is 18.0 Å². The lowest BCUT2D eigenvalue weighted by Crippen LogP contribution is -2.40. The number of rotatable bonds is 5. The van der Waals surface area contributed by atoms with E-state index in [1.54, 1.807) is 17.0 Å². The van der Waals surface area contributed by atoms with Gasteiger partial charge in [-0.3, -0.25) is 4.79 Å². The lowest BCUT2D eigenvalue weighted by molar-refractivity contribution is -0.138. The molecule has 1 fully saturated rings. The molecular weight excluding hydrogens is 305 g/mol. The van der Waals surface area contributed by atoms with E-state index in [2.05, 4.69) is 0 Å². The van der Waals surface area contributed by atoms with Crippen LogP contribution in [0, 0.1) is 5.92 Å². The third kappa shape index (κ3) is 4.96. The van der Waals surface area contributed by atoms with Crippen LogP contribution in [0.25, 0.3) is 0 Å². The minimum absolute atomic E-state index is 0.0490. The first-order valence-corrected chi connectivity index (χ1v) is 8.04. The van der Waals surface area contributed by atoms with Crippen LogP contribution in [-0.2, 0) is 17.4 Å². The van der Waals surface area contributed by atoms with Gasteiger partial charge in [-0.25, -0.2) is 0 Å². The molecule has 0 aromatic heterocycles. The topological polar surface area (TPSA) is 46.3 Å². The van der Waals surface area contributed by atoms with Gasteiger partial charge in [0.25, 0.3) is 0 Å². The Kier molecular flexibility index (Phi) is 6.04. The van der Waals surface area contributed by atoms with Crippen molar-refractivity contribution in [3.8, 4) is 0 Å². The number of likely N-dealkylation sites (tertiary alicyclic amines) is 1. The minimum atomic E-state index is -4.31. The monoisotopic (exact) mass is 328 g/mol. The van der Waals surface area contributed by atoms with Gasteiger partial charge in [-0.05, 0) is 43.2 Å². The van der Waals surface area contributed by atoms with Crippen LogP contribution in [0.4, 0.5) is 13.2 Å². The number of nitrogens with zero attached hydrogens (tertiary/aromatic N) is 1. The van der Waals surface area contributed by atoms with Crippen molar-refractivity contribution in [2.45, 2.75) is 38.3 Å². The molecule has 128 valence electrons. The fourth-order valence-corrected chi connectivity index (χ4v) is 3.18. The molecule has 1 atom stereocenters. The maximum atomic E-state index is 13.0. The van der Waals surface area contributed by atoms with E-state index in [9.17, 15) is 18.0 Å². The molecule has 6 heteroatoms. The molecule has 1 saturated heterocycles. The van der Waals surface area contributed by atoms with Gasteiger partial charge in [0.2, 0.25) is 5.91 Å². The smallest absolute Gasteiger partial charge is 0.342 e. The van der Waals surface area contributed by atoms with Crippen molar-refractivity contribution in [2.75, 3.05) is 19.6 Å². The number of carbonyl (C=O) groups excluding carboxylic acids is 1. The highest BCUT2D eigenvalue weighted by atomic mass is 19.4. The average Bonchev–Trinajstić information content (AvgIpc) is 2.53. The van der Waals surface area contributed by atoms with Crippen molar-refractivity contribution in [2.24, 2.45) is 11.7 Å². The molecule has 23 heavy (non-hydrogen) atoms. The molecule has 0 aliphatic carbocycles. The molecule has 1 aromatic carbocycles. The molecule has 3 nitrogen and oxygen atoms in total. The summed E-state index contributed by atoms with van der Waals surface area (Å²) in [4.78, 5) is 13.7. The zero-order chi connectivity index (χ0) is 16.9. The van der Waals surface area contributed by atoms with Gasteiger partial charge in [-0.1, -0.05) is 18.2 Å². The molecule has 1 aliphatic rings. The Morgan fingerprint density at radius 1 is 1.30 bits per heavy atom. The Hall–Kier alpha value is -1.56. The van der Waals surface area contributed by atoms with Crippen LogP contribution in [0.1, 0.15) is 36.8 Å². The normalized spacial score (nSPS) is 19.0. The summed E-state index contributed by atoms with van der Waals surface area (Å²) in [5, 5.41) is 0. The van der Waals surface area contributed by atoms with E-state index >= 15 is 0 Å². The summed E-state index contributed by atoms with van der Waals surface area (Å²) in [5.41, 5.74) is 5.20. The predicted molar refractivity (Wildman–Crippen MR) is 82.7 cm³/mol. The standard InChI is InChI=1S/C17H23F3N2O/c18-17(19,20)15-6-2-1-5-14(15)8-7-13-4-3-11-22(12-13)16(23)9-10-21/h1-2,5-6,13H,3-4,7-12,21H2/t13-/m1/s1. The molecule has 0 unspecified atom stereocenters. The van der Waals surface area contributed by atoms with Crippen LogP contribution >= 0.6 is 0 Å². The van der Waals surface area contributed by atoms with E-state index < -0.39 is 11.7 Å². The van der Waals surface area contributed by atoms with Crippen molar-refractivity contribution in [3.05, 3.63) is 35.4 Å². The largest absolute Gasteiger partial charge is 0.416 e. The SMILES string of the molecule is NCCC(=O)N1CCC[C@H](CCc2ccccc2C(F)(F)F)C1. The summed E-state index contributed by atoms with van der Waals surface area (Å²) >= 11 is 0. The third-order valence-electron chi connectivity index (χ3n) is 4.37. The predicted octanol–water partition coefficient (Wildman–Crippen LogP) is 3.23. The maximum Gasteiger partial charge on any atom is 0.416 e. The first kappa shape index (κ1) is 17.8. The Morgan fingerprint density at radius 3 is 2.74 bits per heavy atom. The van der Waals surface area contributed by atoms with E-state index in [-0.39, 0.29) is 11.8 Å². The summed E-state index contributed by atoms with van der Waals surface area (Å²) in [5.74, 6) is 0.305. The number of hydrogen-bond donors (Lipinski definition) is 1. The summed E-state index contributed by atoms with van der Waals surface area (Å²) in [6, 6.07) is 5.74. The van der Waals surface area contributed by atoms with Crippen molar-refractivity contribution in [1.82, 2.24) is 4.90 Å². The van der Waals surface area contributed by atoms with E-state index in [1.807, 2.05) is 0 Å². The van der Waals surface area contributed by atoms with Gasteiger partial charge in [-0.15, -0.1) is 0 Å². The Labute approximate surface area is 134 Å². The van der Waals surface area contributed by atoms with Crippen LogP contribution < -0.4 is 5.73 Å². The second-order valence-electron chi connectivity index (χ2n) is 6.08. The molecule has 0 bridgehead atoms. The second-order valence-corrected chi connectivity index (χ2v) is 6.08. The van der Waals surface area contributed by atoms with Gasteiger partial charge < -0.3 is 10.6 Å². The molecular formula is C17H23F3N2O. The van der Waals surface area contributed by atoms with Crippen molar-refractivity contribution in [1.29, 1.82) is 0 Å². The van der Waals surface area contributed by atoms with Gasteiger partial charge in [0, 0.05) is 26.1 Å². The Bertz CT molecular complexity index is 531. The van der Waals surface area contributed by atoms with Crippen LogP contribution in [0.5, 0.6) is 0 Å². The molecule has 1 aliphatic heterocycles. The first-order valence-electron chi connectivity index (χ1n) is 8.04. The fourth-order valence-electron chi connectivity index (χ4n) is 3.18. The van der Waals surface area contributed by atoms with Gasteiger partial charge >= 0.3 is 6.18 Å². The Balaban J connectivity index is 1.95. The molecule has 2 rings (SSSR count). The van der Waals surface area contributed by atoms with Crippen LogP contribution in [0.15, 0.2) is 24.3 Å². The number of halogens is 3. The molecule has 0 radical (unpaired) electrons. The van der Waals surface area contributed by atoms with E-state index in [1.165, 1.54) is 6.07 Å². The maximum absolute atomic E-state index is 13.0. The quantitative estimate of drug-likeness (QED) is 0.902. The summed E-state index contributed by atoms with van der Waals surface area (Å²) in [6.07, 6.45) is -1.06. The molecule has 1 aromatic rings. The van der Waals surface area contributed by atoms with Crippen LogP contribution in [-0.4, -0.2) is 30.4 Å². The van der Waals surface area contributed by atoms with E-state index in [4.69, 9.17) is 5.73 Å². The number of hydrogen-bond acceptors (Lipinski definition) is 2. The Morgan fingerprint density at radius 2 is 2.04 bits per heavy atom. The lowest BCUT2D eigenvalue weighted by atomic mass is 9.90. The highest BCUT2D eigenvalue weighted by Gasteiger charge is 2.33. The third-order valence-corrected chi connectivity index (χ3v) is 4.37. The van der Waals surface area contributed by atoms with E-state index in [0.29, 0.717) is 37.9 Å². The summed E-state index contributed by atoms with van der Waals surface area (Å²) < 4.78 is 39.0. The van der Waals surface area contributed by atoms with Crippen LogP contribution in [0.3, 0.4) is 0 Å². The summed E-state index contributed by atoms with van der Waals surface area (Å²) in [6.45, 7) is 1.69. The van der Waals surface area contributed by atoms with Gasteiger partial charge in [0.15, 0.2) is 0 Å². The summed E-state index contributed by atoms with van der Waals surface area (Å²) in [7, 11) is 0. The zero-order valence-electron chi connectivity index (χ0n) is 13.1. The number of nitrogens with two attached hydrogens (primary N) is 1. The zero-order valence-corrected chi connectivity index (χ0v) is 13.1. The number of aryl methyl sites for hydroxylation is 1. The molecule has 1 heterocycles. The minimum Gasteiger partial charge on any atom is -0.342 e.